The smallest absolute Gasteiger partial charge is 0.353 e. The van der Waals surface area contributed by atoms with Gasteiger partial charge >= 0.3 is 5.97 Å². The second kappa shape index (κ2) is 6.29. The van der Waals surface area contributed by atoms with Crippen molar-refractivity contribution in [2.45, 2.75) is 16.7 Å². The van der Waals surface area contributed by atoms with Gasteiger partial charge in [-0.15, -0.1) is 23.5 Å². The molecule has 10 heteroatoms. The molecule has 21 heavy (non-hydrogen) atoms. The predicted molar refractivity (Wildman–Crippen MR) is 81.5 cm³/mol. The van der Waals surface area contributed by atoms with Crippen molar-refractivity contribution in [3.05, 3.63) is 10.2 Å². The SMILES string of the molecule is CSC(C#N)C(=O)NC1C(=O)N2C(C(=O)O)=C(Br)CS[C@@H]12. The maximum absolute atomic E-state index is 12.1. The minimum Gasteiger partial charge on any atom is -0.477 e. The molecule has 2 aliphatic heterocycles. The summed E-state index contributed by atoms with van der Waals surface area (Å²) < 4.78 is 0.438. The maximum Gasteiger partial charge on any atom is 0.353 e. The van der Waals surface area contributed by atoms with Crippen molar-refractivity contribution in [1.82, 2.24) is 10.2 Å². The van der Waals surface area contributed by atoms with Gasteiger partial charge in [-0.2, -0.15) is 5.26 Å². The van der Waals surface area contributed by atoms with Crippen LogP contribution in [-0.2, 0) is 14.4 Å². The molecule has 0 aromatic rings. The van der Waals surface area contributed by atoms with Gasteiger partial charge in [0.1, 0.15) is 17.1 Å². The lowest BCUT2D eigenvalue weighted by Crippen LogP contribution is -2.71. The first-order valence-electron chi connectivity index (χ1n) is 5.71. The van der Waals surface area contributed by atoms with Gasteiger partial charge in [0.15, 0.2) is 5.25 Å². The molecule has 2 unspecified atom stereocenters. The number of hydrogen-bond acceptors (Lipinski definition) is 6. The summed E-state index contributed by atoms with van der Waals surface area (Å²) in [5.74, 6) is -1.79. The summed E-state index contributed by atoms with van der Waals surface area (Å²) in [5, 5.41) is 19.2. The number of carbonyl (C=O) groups excluding carboxylic acids is 2. The lowest BCUT2D eigenvalue weighted by molar-refractivity contribution is -0.150. The number of halogens is 1. The summed E-state index contributed by atoms with van der Waals surface area (Å²) in [4.78, 5) is 36.3. The molecule has 2 amide bonds. The van der Waals surface area contributed by atoms with Crippen LogP contribution in [0.1, 0.15) is 0 Å². The summed E-state index contributed by atoms with van der Waals surface area (Å²) >= 11 is 5.58. The van der Waals surface area contributed by atoms with Crippen LogP contribution >= 0.6 is 39.5 Å². The topological polar surface area (TPSA) is 111 Å². The Hall–Kier alpha value is -1.18. The summed E-state index contributed by atoms with van der Waals surface area (Å²) in [5.41, 5.74) is -0.0871. The molecule has 0 radical (unpaired) electrons. The predicted octanol–water partition coefficient (Wildman–Crippen LogP) is 0.333. The van der Waals surface area contributed by atoms with Crippen LogP contribution < -0.4 is 5.32 Å². The highest BCUT2D eigenvalue weighted by molar-refractivity contribution is 9.11. The average Bonchev–Trinajstić information content (AvgIpc) is 2.45. The molecule has 7 nitrogen and oxygen atoms in total. The van der Waals surface area contributed by atoms with Crippen molar-refractivity contribution in [3.8, 4) is 6.07 Å². The molecular formula is C11H10BrN3O4S2. The van der Waals surface area contributed by atoms with Crippen LogP contribution in [0.15, 0.2) is 10.2 Å². The largest absolute Gasteiger partial charge is 0.477 e. The normalized spacial score (nSPS) is 25.6. The average molecular weight is 392 g/mol. The van der Waals surface area contributed by atoms with E-state index in [-0.39, 0.29) is 5.70 Å². The van der Waals surface area contributed by atoms with Gasteiger partial charge in [0, 0.05) is 10.2 Å². The lowest BCUT2D eigenvalue weighted by Gasteiger charge is -2.49. The first kappa shape index (κ1) is 16.2. The third-order valence-electron chi connectivity index (χ3n) is 3.01. The van der Waals surface area contributed by atoms with E-state index in [0.717, 1.165) is 16.7 Å². The standard InChI is InChI=1S/C11H10BrN3O4S2/c1-20-5(2-13)8(16)14-6-9(17)15-7(11(18)19)4(12)3-21-10(6)15/h5-6,10H,3H2,1H3,(H,14,16)(H,18,19)/t5?,6?,10-/m0/s1. The number of aliphatic carboxylic acids is 1. The van der Waals surface area contributed by atoms with E-state index >= 15 is 0 Å². The molecule has 3 atom stereocenters. The minimum absolute atomic E-state index is 0.0871. The Morgan fingerprint density at radius 3 is 2.86 bits per heavy atom. The van der Waals surface area contributed by atoms with E-state index in [9.17, 15) is 14.4 Å². The molecule has 112 valence electrons. The number of carbonyl (C=O) groups is 3. The number of nitrogens with zero attached hydrogens (tertiary/aromatic N) is 2. The van der Waals surface area contributed by atoms with Crippen LogP contribution in [0.3, 0.4) is 0 Å². The van der Waals surface area contributed by atoms with Crippen LogP contribution in [0.25, 0.3) is 0 Å². The number of nitrogens with one attached hydrogen (secondary N) is 1. The zero-order valence-corrected chi connectivity index (χ0v) is 13.9. The van der Waals surface area contributed by atoms with E-state index in [0.29, 0.717) is 10.2 Å². The molecule has 0 spiro atoms. The second-order valence-electron chi connectivity index (χ2n) is 4.20. The van der Waals surface area contributed by atoms with E-state index in [4.69, 9.17) is 10.4 Å². The molecule has 2 heterocycles. The van der Waals surface area contributed by atoms with Crippen LogP contribution in [0, 0.1) is 11.3 Å². The third kappa shape index (κ3) is 2.77. The molecule has 0 aliphatic carbocycles. The molecule has 0 saturated carbocycles. The fourth-order valence-corrected chi connectivity index (χ4v) is 4.36. The van der Waals surface area contributed by atoms with Crippen molar-refractivity contribution in [3.63, 3.8) is 0 Å². The van der Waals surface area contributed by atoms with E-state index in [1.165, 1.54) is 11.8 Å². The lowest BCUT2D eigenvalue weighted by atomic mass is 10.0. The third-order valence-corrected chi connectivity index (χ3v) is 6.11. The van der Waals surface area contributed by atoms with Gasteiger partial charge in [-0.25, -0.2) is 4.79 Å². The summed E-state index contributed by atoms with van der Waals surface area (Å²) in [6.45, 7) is 0. The van der Waals surface area contributed by atoms with Crippen molar-refractivity contribution in [2.24, 2.45) is 0 Å². The molecule has 0 aromatic heterocycles. The van der Waals surface area contributed by atoms with Crippen molar-refractivity contribution in [2.75, 3.05) is 12.0 Å². The van der Waals surface area contributed by atoms with E-state index in [1.807, 2.05) is 6.07 Å². The van der Waals surface area contributed by atoms with Gasteiger partial charge in [-0.3, -0.25) is 14.5 Å². The number of carboxylic acids is 1. The molecule has 2 N–H and O–H groups in total. The van der Waals surface area contributed by atoms with Crippen LogP contribution in [0.2, 0.25) is 0 Å². The molecule has 1 fully saturated rings. The highest BCUT2D eigenvalue weighted by Gasteiger charge is 2.54. The highest BCUT2D eigenvalue weighted by atomic mass is 79.9. The van der Waals surface area contributed by atoms with Crippen molar-refractivity contribution in [1.29, 1.82) is 5.26 Å². The van der Waals surface area contributed by atoms with Gasteiger partial charge in [-0.05, 0) is 6.26 Å². The first-order valence-corrected chi connectivity index (χ1v) is 8.84. The monoisotopic (exact) mass is 391 g/mol. The minimum atomic E-state index is -1.19. The fourth-order valence-electron chi connectivity index (χ4n) is 2.03. The van der Waals surface area contributed by atoms with Gasteiger partial charge < -0.3 is 10.4 Å². The molecule has 0 aromatic carbocycles. The zero-order chi connectivity index (χ0) is 15.7. The van der Waals surface area contributed by atoms with Gasteiger partial charge in [0.2, 0.25) is 5.91 Å². The fraction of sp³-hybridized carbons (Fsp3) is 0.455. The number of thioether (sulfide) groups is 2. The zero-order valence-electron chi connectivity index (χ0n) is 10.7. The number of β-lactam (4-membered cyclic amide) rings is 1. The van der Waals surface area contributed by atoms with Gasteiger partial charge in [0.05, 0.1) is 6.07 Å². The summed E-state index contributed by atoms with van der Waals surface area (Å²) in [7, 11) is 0. The molecule has 2 rings (SSSR count). The van der Waals surface area contributed by atoms with Crippen molar-refractivity contribution >= 4 is 57.2 Å². The van der Waals surface area contributed by atoms with Gasteiger partial charge in [0.25, 0.3) is 5.91 Å². The first-order chi connectivity index (χ1) is 9.92. The molecule has 0 bridgehead atoms. The van der Waals surface area contributed by atoms with E-state index < -0.39 is 34.4 Å². The Bertz CT molecular complexity index is 589. The maximum atomic E-state index is 12.1. The number of amides is 2. The number of carboxylic acid groups (broad SMARTS) is 1. The van der Waals surface area contributed by atoms with Crippen LogP contribution in [0.5, 0.6) is 0 Å². The summed E-state index contributed by atoms with van der Waals surface area (Å²) in [6.07, 6.45) is 1.63. The molecule has 1 saturated heterocycles. The summed E-state index contributed by atoms with van der Waals surface area (Å²) in [6, 6.07) is 1.04. The van der Waals surface area contributed by atoms with E-state index in [2.05, 4.69) is 21.2 Å². The van der Waals surface area contributed by atoms with Crippen LogP contribution in [-0.4, -0.2) is 56.5 Å². The van der Waals surface area contributed by atoms with E-state index in [1.54, 1.807) is 6.26 Å². The molecule has 2 aliphatic rings. The van der Waals surface area contributed by atoms with Crippen molar-refractivity contribution < 1.29 is 19.5 Å². The number of hydrogen-bond donors (Lipinski definition) is 2. The Kier molecular flexibility index (Phi) is 4.85. The Balaban J connectivity index is 2.13. The Morgan fingerprint density at radius 2 is 2.33 bits per heavy atom. The highest BCUT2D eigenvalue weighted by Crippen LogP contribution is 2.41. The van der Waals surface area contributed by atoms with Crippen LogP contribution in [0.4, 0.5) is 0 Å². The second-order valence-corrected chi connectivity index (χ2v) is 7.20. The number of nitriles is 1. The Morgan fingerprint density at radius 1 is 1.67 bits per heavy atom. The Labute approximate surface area is 137 Å². The van der Waals surface area contributed by atoms with Gasteiger partial charge in [-0.1, -0.05) is 15.9 Å². The molecular weight excluding hydrogens is 382 g/mol. The quantitative estimate of drug-likeness (QED) is 0.664. The number of rotatable bonds is 4. The number of fused-ring (bicyclic) bond motifs is 1.